The summed E-state index contributed by atoms with van der Waals surface area (Å²) in [7, 11) is -3.27. The largest absolute Gasteiger partial charge is 0.483 e. The molecule has 0 saturated carbocycles. The highest BCUT2D eigenvalue weighted by Gasteiger charge is 2.31. The van der Waals surface area contributed by atoms with Crippen LogP contribution in [0.2, 0.25) is 5.02 Å². The molecule has 8 heteroatoms. The second-order valence-electron chi connectivity index (χ2n) is 8.23. The molecule has 0 aliphatic heterocycles. The lowest BCUT2D eigenvalue weighted by Crippen LogP contribution is -2.31. The second-order valence-corrected chi connectivity index (χ2v) is 10.9. The first-order valence-corrected chi connectivity index (χ1v) is 13.5. The highest BCUT2D eigenvalue weighted by Crippen LogP contribution is 2.36. The van der Waals surface area contributed by atoms with Gasteiger partial charge in [-0.2, -0.15) is 0 Å². The lowest BCUT2D eigenvalue weighted by atomic mass is 9.88. The molecular formula is C27H29ClFNO4S. The van der Waals surface area contributed by atoms with E-state index in [1.807, 2.05) is 13.8 Å². The zero-order valence-corrected chi connectivity index (χ0v) is 21.5. The average molecular weight is 518 g/mol. The van der Waals surface area contributed by atoms with E-state index in [0.717, 1.165) is 0 Å². The van der Waals surface area contributed by atoms with Crippen LogP contribution in [0.3, 0.4) is 0 Å². The van der Waals surface area contributed by atoms with Crippen LogP contribution in [0.4, 0.5) is 10.1 Å². The van der Waals surface area contributed by atoms with Crippen LogP contribution in [0.1, 0.15) is 44.7 Å². The molecule has 3 aromatic rings. The predicted octanol–water partition coefficient (Wildman–Crippen LogP) is 6.55. The fourth-order valence-electron chi connectivity index (χ4n) is 3.84. The molecule has 0 saturated heterocycles. The number of hydrogen-bond acceptors (Lipinski definition) is 4. The summed E-state index contributed by atoms with van der Waals surface area (Å²) >= 11 is 5.84. The van der Waals surface area contributed by atoms with Gasteiger partial charge >= 0.3 is 0 Å². The summed E-state index contributed by atoms with van der Waals surface area (Å²) in [5.74, 6) is -0.0906. The molecule has 3 rings (SSSR count). The number of amides is 1. The summed E-state index contributed by atoms with van der Waals surface area (Å²) in [6.45, 7) is 5.55. The van der Waals surface area contributed by atoms with E-state index in [1.165, 1.54) is 24.3 Å². The number of carbonyl (C=O) groups is 1. The molecule has 0 heterocycles. The normalized spacial score (nSPS) is 11.8. The van der Waals surface area contributed by atoms with Crippen molar-refractivity contribution in [1.29, 1.82) is 0 Å². The molecule has 3 aromatic carbocycles. The summed E-state index contributed by atoms with van der Waals surface area (Å²) in [6, 6.07) is 18.0. The Labute approximate surface area is 211 Å². The number of hydrogen-bond donors (Lipinski definition) is 1. The second kappa shape index (κ2) is 11.2. The van der Waals surface area contributed by atoms with Crippen molar-refractivity contribution in [2.45, 2.75) is 50.5 Å². The van der Waals surface area contributed by atoms with Gasteiger partial charge in [0.25, 0.3) is 0 Å². The maximum absolute atomic E-state index is 14.1. The Morgan fingerprint density at radius 1 is 0.971 bits per heavy atom. The highest BCUT2D eigenvalue weighted by molar-refractivity contribution is 7.91. The first-order chi connectivity index (χ1) is 16.6. The number of rotatable bonds is 10. The molecular weight excluding hydrogens is 489 g/mol. The van der Waals surface area contributed by atoms with Gasteiger partial charge in [-0.3, -0.25) is 4.79 Å². The van der Waals surface area contributed by atoms with E-state index in [4.69, 9.17) is 16.3 Å². The third-order valence-electron chi connectivity index (χ3n) is 6.07. The number of ether oxygens (including phenoxy) is 1. The van der Waals surface area contributed by atoms with Gasteiger partial charge in [0.1, 0.15) is 17.2 Å². The molecule has 1 amide bonds. The van der Waals surface area contributed by atoms with Gasteiger partial charge in [0.05, 0.1) is 22.1 Å². The van der Waals surface area contributed by atoms with Gasteiger partial charge in [0.2, 0.25) is 5.91 Å². The van der Waals surface area contributed by atoms with E-state index in [9.17, 15) is 17.6 Å². The van der Waals surface area contributed by atoms with E-state index < -0.39 is 21.3 Å². The number of sulfone groups is 1. The van der Waals surface area contributed by atoms with Crippen LogP contribution in [0.15, 0.2) is 71.6 Å². The molecule has 0 aliphatic carbocycles. The maximum Gasteiger partial charge on any atom is 0.228 e. The van der Waals surface area contributed by atoms with Crippen LogP contribution >= 0.6 is 11.6 Å². The molecule has 0 aromatic heterocycles. The van der Waals surface area contributed by atoms with Crippen molar-refractivity contribution in [3.63, 3.8) is 0 Å². The van der Waals surface area contributed by atoms with E-state index >= 15 is 0 Å². The third-order valence-corrected chi connectivity index (χ3v) is 8.12. The number of nitrogens with one attached hydrogen (secondary N) is 1. The molecule has 0 aliphatic rings. The van der Waals surface area contributed by atoms with Gasteiger partial charge in [-0.05, 0) is 72.5 Å². The zero-order chi connectivity index (χ0) is 25.6. The van der Waals surface area contributed by atoms with Crippen molar-refractivity contribution in [2.75, 3.05) is 11.1 Å². The Morgan fingerprint density at radius 3 is 2.14 bits per heavy atom. The smallest absolute Gasteiger partial charge is 0.228 e. The quantitative estimate of drug-likeness (QED) is 0.331. The van der Waals surface area contributed by atoms with Gasteiger partial charge in [-0.1, -0.05) is 50.6 Å². The summed E-state index contributed by atoms with van der Waals surface area (Å²) < 4.78 is 44.3. The SMILES string of the molecule is CCC(CC)(Oc1ccc(NC(=O)Cc2ccc(S(=O)(=O)CC)cc2)cc1)c1ccc(Cl)c(F)c1. The number of halogens is 2. The Balaban J connectivity index is 1.67. The van der Waals surface area contributed by atoms with E-state index in [0.29, 0.717) is 35.4 Å². The zero-order valence-electron chi connectivity index (χ0n) is 20.0. The fraction of sp³-hybridized carbons (Fsp3) is 0.296. The first-order valence-electron chi connectivity index (χ1n) is 11.5. The van der Waals surface area contributed by atoms with E-state index in [-0.39, 0.29) is 28.0 Å². The summed E-state index contributed by atoms with van der Waals surface area (Å²) in [4.78, 5) is 12.7. The van der Waals surface area contributed by atoms with Gasteiger partial charge in [0, 0.05) is 5.69 Å². The molecule has 0 atom stereocenters. The number of benzene rings is 3. The van der Waals surface area contributed by atoms with Crippen LogP contribution in [0.5, 0.6) is 5.75 Å². The van der Waals surface area contributed by atoms with E-state index in [1.54, 1.807) is 49.4 Å². The molecule has 1 N–H and O–H groups in total. The Bertz CT molecular complexity index is 1270. The fourth-order valence-corrected chi connectivity index (χ4v) is 4.85. The number of carbonyl (C=O) groups excluding carboxylic acids is 1. The monoisotopic (exact) mass is 517 g/mol. The van der Waals surface area contributed by atoms with Crippen molar-refractivity contribution < 1.29 is 22.3 Å². The summed E-state index contributed by atoms with van der Waals surface area (Å²) in [5.41, 5.74) is 1.31. The van der Waals surface area contributed by atoms with Gasteiger partial charge < -0.3 is 10.1 Å². The molecule has 186 valence electrons. The van der Waals surface area contributed by atoms with Gasteiger partial charge in [0.15, 0.2) is 9.84 Å². The predicted molar refractivity (Wildman–Crippen MR) is 137 cm³/mol. The molecule has 5 nitrogen and oxygen atoms in total. The molecule has 0 fully saturated rings. The molecule has 0 spiro atoms. The van der Waals surface area contributed by atoms with Crippen molar-refractivity contribution >= 4 is 33.0 Å². The molecule has 0 radical (unpaired) electrons. The lowest BCUT2D eigenvalue weighted by molar-refractivity contribution is -0.115. The van der Waals surface area contributed by atoms with Crippen LogP contribution < -0.4 is 10.1 Å². The Kier molecular flexibility index (Phi) is 8.56. The van der Waals surface area contributed by atoms with Crippen LogP contribution in [-0.4, -0.2) is 20.1 Å². The minimum Gasteiger partial charge on any atom is -0.483 e. The Morgan fingerprint density at radius 2 is 1.60 bits per heavy atom. The van der Waals surface area contributed by atoms with Crippen LogP contribution in [0, 0.1) is 5.82 Å². The molecule has 0 unspecified atom stereocenters. The molecule has 35 heavy (non-hydrogen) atoms. The average Bonchev–Trinajstić information content (AvgIpc) is 2.85. The van der Waals surface area contributed by atoms with Crippen molar-refractivity contribution in [2.24, 2.45) is 0 Å². The summed E-state index contributed by atoms with van der Waals surface area (Å²) in [5, 5.41) is 2.90. The third kappa shape index (κ3) is 6.41. The maximum atomic E-state index is 14.1. The lowest BCUT2D eigenvalue weighted by Gasteiger charge is -2.33. The minimum atomic E-state index is -3.27. The van der Waals surface area contributed by atoms with Gasteiger partial charge in [-0.15, -0.1) is 0 Å². The van der Waals surface area contributed by atoms with Crippen molar-refractivity contribution in [3.05, 3.63) is 88.7 Å². The standard InChI is InChI=1S/C27H29ClFNO4S/c1-4-27(5-2,20-9-16-24(28)25(29)18-20)34-22-12-10-21(11-13-22)30-26(31)17-19-7-14-23(15-8-19)35(32,33)6-3/h7-16,18H,4-6,17H2,1-3H3,(H,30,31). The summed E-state index contributed by atoms with van der Waals surface area (Å²) in [6.07, 6.45) is 1.37. The van der Waals surface area contributed by atoms with Crippen LogP contribution in [0.25, 0.3) is 0 Å². The Hall–Kier alpha value is -2.90. The topological polar surface area (TPSA) is 72.5 Å². The van der Waals surface area contributed by atoms with Crippen molar-refractivity contribution in [3.8, 4) is 5.75 Å². The van der Waals surface area contributed by atoms with Crippen LogP contribution in [-0.2, 0) is 26.7 Å². The highest BCUT2D eigenvalue weighted by atomic mass is 35.5. The van der Waals surface area contributed by atoms with E-state index in [2.05, 4.69) is 5.32 Å². The molecule has 0 bridgehead atoms. The van der Waals surface area contributed by atoms with Gasteiger partial charge in [-0.25, -0.2) is 12.8 Å². The minimum absolute atomic E-state index is 0.0285. The van der Waals surface area contributed by atoms with Crippen molar-refractivity contribution in [1.82, 2.24) is 0 Å². The first kappa shape index (κ1) is 26.7. The number of anilines is 1.